The van der Waals surface area contributed by atoms with Crippen LogP contribution in [0.15, 0.2) is 0 Å². The van der Waals surface area contributed by atoms with Gasteiger partial charge >= 0.3 is 0 Å². The molecule has 0 N–H and O–H groups in total. The summed E-state index contributed by atoms with van der Waals surface area (Å²) >= 11 is 0. The number of carbonyl (C=O) groups is 1. The molecule has 16 heavy (non-hydrogen) atoms. The second kappa shape index (κ2) is 7.02. The molecule has 3 heteroatoms. The van der Waals surface area contributed by atoms with Crippen molar-refractivity contribution in [3.8, 4) is 0 Å². The van der Waals surface area contributed by atoms with Crippen molar-refractivity contribution in [1.29, 1.82) is 0 Å². The average molecular weight is 227 g/mol. The van der Waals surface area contributed by atoms with E-state index in [1.807, 2.05) is 0 Å². The highest BCUT2D eigenvalue weighted by Crippen LogP contribution is 2.21. The van der Waals surface area contributed by atoms with Gasteiger partial charge in [0.15, 0.2) is 0 Å². The number of rotatable bonds is 6. The number of hydrogen-bond donors (Lipinski definition) is 0. The second-order valence-electron chi connectivity index (χ2n) is 5.15. The van der Waals surface area contributed by atoms with Crippen molar-refractivity contribution in [3.05, 3.63) is 0 Å². The number of ketones is 1. The summed E-state index contributed by atoms with van der Waals surface area (Å²) in [7, 11) is 1.75. The fourth-order valence-electron chi connectivity index (χ4n) is 2.39. The molecule has 0 saturated heterocycles. The molecule has 0 spiro atoms. The lowest BCUT2D eigenvalue weighted by Gasteiger charge is -2.34. The first-order valence-electron chi connectivity index (χ1n) is 6.38. The Morgan fingerprint density at radius 3 is 2.50 bits per heavy atom. The fraction of sp³-hybridized carbons (Fsp3) is 0.923. The fourth-order valence-corrected chi connectivity index (χ4v) is 2.39. The molecule has 0 aromatic heterocycles. The first-order chi connectivity index (χ1) is 7.63. The van der Waals surface area contributed by atoms with Crippen LogP contribution in [0, 0.1) is 5.92 Å². The lowest BCUT2D eigenvalue weighted by atomic mass is 9.92. The Bertz CT molecular complexity index is 206. The van der Waals surface area contributed by atoms with Gasteiger partial charge in [0.05, 0.1) is 6.61 Å². The molecule has 0 heterocycles. The van der Waals surface area contributed by atoms with E-state index in [4.69, 9.17) is 4.74 Å². The molecule has 0 amide bonds. The molecule has 0 radical (unpaired) electrons. The highest BCUT2D eigenvalue weighted by molar-refractivity contribution is 5.79. The SMILES string of the molecule is COCCN(CC(C)C)C1CCC(=O)CC1. The molecule has 1 rings (SSSR count). The minimum atomic E-state index is 0.437. The maximum absolute atomic E-state index is 11.2. The second-order valence-corrected chi connectivity index (χ2v) is 5.15. The van der Waals surface area contributed by atoms with E-state index in [0.29, 0.717) is 17.7 Å². The van der Waals surface area contributed by atoms with Gasteiger partial charge in [0.2, 0.25) is 0 Å². The van der Waals surface area contributed by atoms with Gasteiger partial charge < -0.3 is 4.74 Å². The molecule has 1 fully saturated rings. The van der Waals surface area contributed by atoms with Gasteiger partial charge in [-0.1, -0.05) is 13.8 Å². The Morgan fingerprint density at radius 1 is 1.38 bits per heavy atom. The number of ether oxygens (including phenoxy) is 1. The number of carbonyl (C=O) groups excluding carboxylic acids is 1. The quantitative estimate of drug-likeness (QED) is 0.696. The molecule has 0 aliphatic heterocycles. The normalized spacial score (nSPS) is 18.7. The van der Waals surface area contributed by atoms with Crippen LogP contribution in [0.5, 0.6) is 0 Å². The highest BCUT2D eigenvalue weighted by atomic mass is 16.5. The highest BCUT2D eigenvalue weighted by Gasteiger charge is 2.24. The van der Waals surface area contributed by atoms with E-state index in [0.717, 1.165) is 45.4 Å². The Balaban J connectivity index is 2.43. The summed E-state index contributed by atoms with van der Waals surface area (Å²) in [6, 6.07) is 0.593. The number of hydrogen-bond acceptors (Lipinski definition) is 3. The van der Waals surface area contributed by atoms with E-state index >= 15 is 0 Å². The van der Waals surface area contributed by atoms with Crippen LogP contribution in [0.3, 0.4) is 0 Å². The summed E-state index contributed by atoms with van der Waals surface area (Å²) < 4.78 is 5.16. The zero-order chi connectivity index (χ0) is 12.0. The van der Waals surface area contributed by atoms with Gasteiger partial charge in [-0.3, -0.25) is 9.69 Å². The van der Waals surface area contributed by atoms with Gasteiger partial charge in [-0.2, -0.15) is 0 Å². The van der Waals surface area contributed by atoms with Crippen molar-refractivity contribution in [3.63, 3.8) is 0 Å². The maximum Gasteiger partial charge on any atom is 0.133 e. The van der Waals surface area contributed by atoms with Crippen molar-refractivity contribution >= 4 is 5.78 Å². The minimum absolute atomic E-state index is 0.437. The predicted octanol–water partition coefficient (Wildman–Crippen LogP) is 2.10. The van der Waals surface area contributed by atoms with Crippen molar-refractivity contribution in [2.75, 3.05) is 26.8 Å². The van der Waals surface area contributed by atoms with Crippen LogP contribution in [-0.2, 0) is 9.53 Å². The molecule has 0 unspecified atom stereocenters. The molecular formula is C13H25NO2. The Labute approximate surface area is 99.1 Å². The van der Waals surface area contributed by atoms with E-state index in [-0.39, 0.29) is 0 Å². The molecule has 0 bridgehead atoms. The van der Waals surface area contributed by atoms with Gasteiger partial charge in [-0.05, 0) is 18.8 Å². The van der Waals surface area contributed by atoms with E-state index < -0.39 is 0 Å². The van der Waals surface area contributed by atoms with Gasteiger partial charge in [-0.15, -0.1) is 0 Å². The van der Waals surface area contributed by atoms with Crippen molar-refractivity contribution in [2.24, 2.45) is 5.92 Å². The summed E-state index contributed by atoms with van der Waals surface area (Å²) in [6.07, 6.45) is 3.61. The summed E-state index contributed by atoms with van der Waals surface area (Å²) in [4.78, 5) is 13.7. The Kier molecular flexibility index (Phi) is 5.99. The zero-order valence-corrected chi connectivity index (χ0v) is 10.9. The van der Waals surface area contributed by atoms with Crippen LogP contribution in [0.1, 0.15) is 39.5 Å². The lowest BCUT2D eigenvalue weighted by Crippen LogP contribution is -2.42. The van der Waals surface area contributed by atoms with E-state index in [9.17, 15) is 4.79 Å². The monoisotopic (exact) mass is 227 g/mol. The third-order valence-electron chi connectivity index (χ3n) is 3.21. The average Bonchev–Trinajstić information content (AvgIpc) is 2.25. The Morgan fingerprint density at radius 2 is 2.00 bits per heavy atom. The largest absolute Gasteiger partial charge is 0.383 e. The summed E-state index contributed by atoms with van der Waals surface area (Å²) in [5, 5.41) is 0. The Hall–Kier alpha value is -0.410. The smallest absolute Gasteiger partial charge is 0.133 e. The lowest BCUT2D eigenvalue weighted by molar-refractivity contribution is -0.121. The standard InChI is InChI=1S/C13H25NO2/c1-11(2)10-14(8-9-16-3)12-4-6-13(15)7-5-12/h11-12H,4-10H2,1-3H3. The third-order valence-corrected chi connectivity index (χ3v) is 3.21. The molecule has 94 valence electrons. The van der Waals surface area contributed by atoms with Crippen LogP contribution in [0.25, 0.3) is 0 Å². The number of Topliss-reactive ketones (excluding diaryl/α,β-unsaturated/α-hetero) is 1. The van der Waals surface area contributed by atoms with Crippen LogP contribution >= 0.6 is 0 Å². The van der Waals surface area contributed by atoms with E-state index in [2.05, 4.69) is 18.7 Å². The van der Waals surface area contributed by atoms with Gasteiger partial charge in [0.1, 0.15) is 5.78 Å². The van der Waals surface area contributed by atoms with Gasteiger partial charge in [-0.25, -0.2) is 0 Å². The summed E-state index contributed by atoms with van der Waals surface area (Å²) in [5.74, 6) is 1.11. The van der Waals surface area contributed by atoms with Crippen LogP contribution < -0.4 is 0 Å². The first kappa shape index (κ1) is 13.7. The summed E-state index contributed by atoms with van der Waals surface area (Å²) in [5.41, 5.74) is 0. The number of methoxy groups -OCH3 is 1. The van der Waals surface area contributed by atoms with E-state index in [1.165, 1.54) is 0 Å². The zero-order valence-electron chi connectivity index (χ0n) is 10.9. The van der Waals surface area contributed by atoms with Crippen molar-refractivity contribution in [2.45, 2.75) is 45.6 Å². The number of nitrogens with zero attached hydrogens (tertiary/aromatic N) is 1. The third kappa shape index (κ3) is 4.62. The van der Waals surface area contributed by atoms with Gasteiger partial charge in [0, 0.05) is 39.1 Å². The molecule has 0 aromatic carbocycles. The maximum atomic E-state index is 11.2. The van der Waals surface area contributed by atoms with Crippen LogP contribution in [0.2, 0.25) is 0 Å². The molecule has 1 aliphatic rings. The van der Waals surface area contributed by atoms with Crippen molar-refractivity contribution < 1.29 is 9.53 Å². The molecular weight excluding hydrogens is 202 g/mol. The van der Waals surface area contributed by atoms with Crippen molar-refractivity contribution in [1.82, 2.24) is 4.90 Å². The molecule has 0 atom stereocenters. The molecule has 3 nitrogen and oxygen atoms in total. The van der Waals surface area contributed by atoms with E-state index in [1.54, 1.807) is 7.11 Å². The molecule has 1 aliphatic carbocycles. The first-order valence-corrected chi connectivity index (χ1v) is 6.38. The molecule has 0 aromatic rings. The van der Waals surface area contributed by atoms with Crippen LogP contribution in [0.4, 0.5) is 0 Å². The predicted molar refractivity (Wildman–Crippen MR) is 65.6 cm³/mol. The minimum Gasteiger partial charge on any atom is -0.383 e. The summed E-state index contributed by atoms with van der Waals surface area (Å²) in [6.45, 7) is 7.38. The van der Waals surface area contributed by atoms with Gasteiger partial charge in [0.25, 0.3) is 0 Å². The molecule has 1 saturated carbocycles. The topological polar surface area (TPSA) is 29.5 Å². The van der Waals surface area contributed by atoms with Crippen LogP contribution in [-0.4, -0.2) is 43.5 Å².